The number of nitrogens with two attached hydrogens (primary N) is 1. The SMILES string of the molecule is CCOC(=O)C(N)=NC.O=Cc1ccc(F)cc1. The van der Waals surface area contributed by atoms with Crippen LogP contribution in [-0.4, -0.2) is 31.7 Å². The number of carbonyl (C=O) groups is 2. The summed E-state index contributed by atoms with van der Waals surface area (Å²) in [4.78, 5) is 23.9. The van der Waals surface area contributed by atoms with Gasteiger partial charge in [-0.05, 0) is 31.2 Å². The second kappa shape index (κ2) is 8.86. The number of rotatable bonds is 2. The van der Waals surface area contributed by atoms with Gasteiger partial charge in [0.05, 0.1) is 6.61 Å². The molecule has 0 radical (unpaired) electrons. The first kappa shape index (κ1) is 15.8. The van der Waals surface area contributed by atoms with Gasteiger partial charge in [0, 0.05) is 12.6 Å². The van der Waals surface area contributed by atoms with Crippen LogP contribution in [-0.2, 0) is 9.53 Å². The molecule has 1 aromatic rings. The van der Waals surface area contributed by atoms with Gasteiger partial charge < -0.3 is 10.5 Å². The number of halogens is 1. The Morgan fingerprint density at radius 1 is 1.44 bits per heavy atom. The number of benzene rings is 1. The molecule has 1 rings (SSSR count). The van der Waals surface area contributed by atoms with Gasteiger partial charge in [0.15, 0.2) is 0 Å². The Balaban J connectivity index is 0.000000321. The number of aldehydes is 1. The molecule has 0 unspecified atom stereocenters. The van der Waals surface area contributed by atoms with Crippen molar-refractivity contribution in [2.45, 2.75) is 6.92 Å². The van der Waals surface area contributed by atoms with Crippen LogP contribution in [0.15, 0.2) is 29.3 Å². The highest BCUT2D eigenvalue weighted by atomic mass is 19.1. The first-order chi connectivity index (χ1) is 8.54. The van der Waals surface area contributed by atoms with Gasteiger partial charge in [0.2, 0.25) is 5.84 Å². The molecular weight excluding hydrogens is 239 g/mol. The van der Waals surface area contributed by atoms with Gasteiger partial charge >= 0.3 is 5.97 Å². The van der Waals surface area contributed by atoms with Crippen LogP contribution in [0.2, 0.25) is 0 Å². The van der Waals surface area contributed by atoms with Crippen molar-refractivity contribution in [1.29, 1.82) is 0 Å². The molecule has 0 bridgehead atoms. The molecule has 0 aromatic heterocycles. The summed E-state index contributed by atoms with van der Waals surface area (Å²) in [6.45, 7) is 2.04. The third kappa shape index (κ3) is 6.37. The second-order valence-electron chi connectivity index (χ2n) is 3.00. The predicted molar refractivity (Wildman–Crippen MR) is 66.0 cm³/mol. The number of hydrogen-bond acceptors (Lipinski definition) is 4. The molecule has 1 aromatic carbocycles. The minimum atomic E-state index is -0.556. The number of amidine groups is 1. The zero-order valence-electron chi connectivity index (χ0n) is 10.2. The molecule has 0 aliphatic rings. The third-order valence-corrected chi connectivity index (χ3v) is 1.73. The standard InChI is InChI=1S/C7H5FO.C5H10N2O2/c8-7-3-1-6(5-9)2-4-7;1-3-9-5(8)4(6)7-2/h1-5H;3H2,1-2H3,(H2,6,7). The summed E-state index contributed by atoms with van der Waals surface area (Å²) in [5, 5.41) is 0. The Morgan fingerprint density at radius 3 is 2.39 bits per heavy atom. The minimum Gasteiger partial charge on any atom is -0.460 e. The number of ether oxygens (including phenoxy) is 1. The van der Waals surface area contributed by atoms with E-state index in [1.807, 2.05) is 0 Å². The molecule has 5 nitrogen and oxygen atoms in total. The number of nitrogens with zero attached hydrogens (tertiary/aromatic N) is 1. The van der Waals surface area contributed by atoms with Gasteiger partial charge in [-0.15, -0.1) is 0 Å². The fourth-order valence-corrected chi connectivity index (χ4v) is 0.838. The summed E-state index contributed by atoms with van der Waals surface area (Å²) >= 11 is 0. The highest BCUT2D eigenvalue weighted by Gasteiger charge is 2.03. The van der Waals surface area contributed by atoms with Crippen molar-refractivity contribution >= 4 is 18.1 Å². The molecule has 0 fully saturated rings. The van der Waals surface area contributed by atoms with Crippen LogP contribution in [0.1, 0.15) is 17.3 Å². The van der Waals surface area contributed by atoms with Crippen LogP contribution in [0.25, 0.3) is 0 Å². The highest BCUT2D eigenvalue weighted by molar-refractivity contribution is 6.34. The number of aliphatic imine (C=N–C) groups is 1. The fraction of sp³-hybridized carbons (Fsp3) is 0.250. The molecule has 0 amide bonds. The van der Waals surface area contributed by atoms with Crippen LogP contribution in [0.3, 0.4) is 0 Å². The van der Waals surface area contributed by atoms with Crippen molar-refractivity contribution < 1.29 is 18.7 Å². The van der Waals surface area contributed by atoms with Gasteiger partial charge in [-0.1, -0.05) is 0 Å². The van der Waals surface area contributed by atoms with E-state index < -0.39 is 5.97 Å². The summed E-state index contributed by atoms with van der Waals surface area (Å²) in [7, 11) is 1.44. The van der Waals surface area contributed by atoms with E-state index in [0.29, 0.717) is 18.5 Å². The molecule has 0 spiro atoms. The maximum Gasteiger partial charge on any atom is 0.373 e. The molecule has 0 aliphatic carbocycles. The van der Waals surface area contributed by atoms with E-state index >= 15 is 0 Å². The van der Waals surface area contributed by atoms with E-state index in [1.165, 1.54) is 31.3 Å². The average Bonchev–Trinajstić information content (AvgIpc) is 2.39. The highest BCUT2D eigenvalue weighted by Crippen LogP contribution is 1.98. The topological polar surface area (TPSA) is 81.8 Å². The van der Waals surface area contributed by atoms with E-state index in [0.717, 1.165) is 0 Å². The Hall–Kier alpha value is -2.24. The molecule has 0 saturated carbocycles. The van der Waals surface area contributed by atoms with Gasteiger partial charge in [0.1, 0.15) is 12.1 Å². The lowest BCUT2D eigenvalue weighted by molar-refractivity contribution is -0.135. The Labute approximate surface area is 104 Å². The maximum absolute atomic E-state index is 12.1. The number of carbonyl (C=O) groups excluding carboxylic acids is 2. The average molecular weight is 254 g/mol. The maximum atomic E-state index is 12.1. The number of esters is 1. The lowest BCUT2D eigenvalue weighted by atomic mass is 10.2. The Kier molecular flexibility index (Phi) is 7.76. The first-order valence-electron chi connectivity index (χ1n) is 5.15. The summed E-state index contributed by atoms with van der Waals surface area (Å²) in [6.07, 6.45) is 0.680. The molecule has 0 heterocycles. The van der Waals surface area contributed by atoms with E-state index in [-0.39, 0.29) is 11.7 Å². The van der Waals surface area contributed by atoms with Gasteiger partial charge in [-0.25, -0.2) is 9.18 Å². The van der Waals surface area contributed by atoms with Gasteiger partial charge in [0.25, 0.3) is 0 Å². The quantitative estimate of drug-likeness (QED) is 0.372. The molecule has 0 atom stereocenters. The van der Waals surface area contributed by atoms with E-state index in [2.05, 4.69) is 9.73 Å². The molecule has 18 heavy (non-hydrogen) atoms. The Morgan fingerprint density at radius 2 is 2.00 bits per heavy atom. The van der Waals surface area contributed by atoms with E-state index in [4.69, 9.17) is 5.73 Å². The van der Waals surface area contributed by atoms with Crippen molar-refractivity contribution in [1.82, 2.24) is 0 Å². The molecular formula is C12H15FN2O3. The normalized spacial score (nSPS) is 10.1. The third-order valence-electron chi connectivity index (χ3n) is 1.73. The van der Waals surface area contributed by atoms with Gasteiger partial charge in [-0.2, -0.15) is 0 Å². The van der Waals surface area contributed by atoms with E-state index in [1.54, 1.807) is 6.92 Å². The van der Waals surface area contributed by atoms with Crippen LogP contribution in [0.5, 0.6) is 0 Å². The Bertz CT molecular complexity index is 416. The molecule has 0 saturated heterocycles. The van der Waals surface area contributed by atoms with Crippen LogP contribution in [0.4, 0.5) is 4.39 Å². The molecule has 98 valence electrons. The number of hydrogen-bond donors (Lipinski definition) is 1. The van der Waals surface area contributed by atoms with E-state index in [9.17, 15) is 14.0 Å². The van der Waals surface area contributed by atoms with Crippen molar-refractivity contribution in [3.63, 3.8) is 0 Å². The summed E-state index contributed by atoms with van der Waals surface area (Å²) < 4.78 is 16.6. The summed E-state index contributed by atoms with van der Waals surface area (Å²) in [5.41, 5.74) is 5.57. The monoisotopic (exact) mass is 254 g/mol. The van der Waals surface area contributed by atoms with Crippen molar-refractivity contribution in [3.05, 3.63) is 35.6 Å². The largest absolute Gasteiger partial charge is 0.460 e. The zero-order valence-corrected chi connectivity index (χ0v) is 10.2. The molecule has 0 aliphatic heterocycles. The van der Waals surface area contributed by atoms with Crippen LogP contribution >= 0.6 is 0 Å². The molecule has 2 N–H and O–H groups in total. The van der Waals surface area contributed by atoms with Crippen LogP contribution in [0, 0.1) is 5.82 Å². The fourth-order valence-electron chi connectivity index (χ4n) is 0.838. The zero-order chi connectivity index (χ0) is 14.0. The van der Waals surface area contributed by atoms with Crippen molar-refractivity contribution in [2.75, 3.05) is 13.7 Å². The predicted octanol–water partition coefficient (Wildman–Crippen LogP) is 1.17. The summed E-state index contributed by atoms with van der Waals surface area (Å²) in [6, 6.07) is 5.37. The van der Waals surface area contributed by atoms with Crippen molar-refractivity contribution in [2.24, 2.45) is 10.7 Å². The minimum absolute atomic E-state index is 0.0862. The lowest BCUT2D eigenvalue weighted by Gasteiger charge is -1.97. The first-order valence-corrected chi connectivity index (χ1v) is 5.15. The van der Waals surface area contributed by atoms with Gasteiger partial charge in [-0.3, -0.25) is 9.79 Å². The summed E-state index contributed by atoms with van der Waals surface area (Å²) in [5.74, 6) is -0.961. The second-order valence-corrected chi connectivity index (χ2v) is 3.00. The van der Waals surface area contributed by atoms with Crippen LogP contribution < -0.4 is 5.73 Å². The molecule has 6 heteroatoms. The van der Waals surface area contributed by atoms with Crippen molar-refractivity contribution in [3.8, 4) is 0 Å². The lowest BCUT2D eigenvalue weighted by Crippen LogP contribution is -2.25. The smallest absolute Gasteiger partial charge is 0.373 e.